The summed E-state index contributed by atoms with van der Waals surface area (Å²) in [6.45, 7) is 17.9. The summed E-state index contributed by atoms with van der Waals surface area (Å²) in [7, 11) is 0. The third-order valence-corrected chi connectivity index (χ3v) is 7.87. The van der Waals surface area contributed by atoms with Crippen molar-refractivity contribution in [3.8, 4) is 11.5 Å². The van der Waals surface area contributed by atoms with Crippen LogP contribution in [0.4, 0.5) is 0 Å². The first-order valence-corrected chi connectivity index (χ1v) is 13.0. The molecule has 178 valence electrons. The molecular weight excluding hydrogens is 380 g/mol. The minimum atomic E-state index is -0.0712. The molecule has 0 radical (unpaired) electrons. The van der Waals surface area contributed by atoms with Gasteiger partial charge in [0.25, 0.3) is 0 Å². The van der Waals surface area contributed by atoms with E-state index in [9.17, 15) is 5.11 Å². The maximum atomic E-state index is 10.4. The lowest BCUT2D eigenvalue weighted by Crippen LogP contribution is -2.37. The van der Waals surface area contributed by atoms with Crippen molar-refractivity contribution >= 4 is 0 Å². The quantitative estimate of drug-likeness (QED) is 0.359. The Kier molecular flexibility index (Phi) is 9.77. The van der Waals surface area contributed by atoms with Gasteiger partial charge in [-0.25, -0.2) is 0 Å². The van der Waals surface area contributed by atoms with Gasteiger partial charge in [-0.15, -0.1) is 0 Å². The Bertz CT molecular complexity index is 705. The Balaban J connectivity index is 1.74. The molecule has 0 bridgehead atoms. The molecule has 0 amide bonds. The number of aromatic hydroxyl groups is 1. The van der Waals surface area contributed by atoms with Crippen molar-refractivity contribution in [1.29, 1.82) is 0 Å². The van der Waals surface area contributed by atoms with Gasteiger partial charge in [0.05, 0.1) is 0 Å². The zero-order valence-electron chi connectivity index (χ0n) is 21.9. The Hall–Kier alpha value is -1.18. The van der Waals surface area contributed by atoms with Crippen molar-refractivity contribution in [3.05, 3.63) is 22.3 Å². The van der Waals surface area contributed by atoms with Gasteiger partial charge >= 0.3 is 0 Å². The Morgan fingerprint density at radius 3 is 1.94 bits per heavy atom. The predicted molar refractivity (Wildman–Crippen MR) is 134 cm³/mol. The van der Waals surface area contributed by atoms with Crippen molar-refractivity contribution in [2.45, 2.75) is 132 Å². The molecule has 1 aromatic rings. The molecule has 0 aliphatic carbocycles. The first-order chi connectivity index (χ1) is 14.5. The molecule has 2 nitrogen and oxygen atoms in total. The van der Waals surface area contributed by atoms with Crippen LogP contribution in [0.3, 0.4) is 0 Å². The van der Waals surface area contributed by atoms with Crippen LogP contribution in [0, 0.1) is 38.5 Å². The van der Waals surface area contributed by atoms with Crippen LogP contribution in [0.15, 0.2) is 0 Å². The maximum absolute atomic E-state index is 10.4. The van der Waals surface area contributed by atoms with E-state index >= 15 is 0 Å². The number of ether oxygens (including phenoxy) is 1. The molecule has 1 aromatic carbocycles. The normalized spacial score (nSPS) is 20.4. The van der Waals surface area contributed by atoms with Gasteiger partial charge in [-0.2, -0.15) is 0 Å². The predicted octanol–water partition coefficient (Wildman–Crippen LogP) is 8.84. The second kappa shape index (κ2) is 11.6. The Morgan fingerprint density at radius 1 is 0.806 bits per heavy atom. The third kappa shape index (κ3) is 7.43. The molecule has 2 heteroatoms. The number of rotatable bonds is 12. The van der Waals surface area contributed by atoms with E-state index < -0.39 is 0 Å². The number of benzene rings is 1. The van der Waals surface area contributed by atoms with Gasteiger partial charge in [-0.05, 0) is 87.8 Å². The minimum absolute atomic E-state index is 0.0712. The molecule has 1 aliphatic heterocycles. The van der Waals surface area contributed by atoms with E-state index in [0.717, 1.165) is 59.5 Å². The highest BCUT2D eigenvalue weighted by Crippen LogP contribution is 2.44. The average Bonchev–Trinajstić information content (AvgIpc) is 2.70. The second-order valence-corrected chi connectivity index (χ2v) is 11.4. The molecule has 0 fully saturated rings. The van der Waals surface area contributed by atoms with E-state index in [1.807, 2.05) is 13.8 Å². The summed E-state index contributed by atoms with van der Waals surface area (Å²) in [5.74, 6) is 4.04. The van der Waals surface area contributed by atoms with Crippen LogP contribution < -0.4 is 4.74 Å². The van der Waals surface area contributed by atoms with E-state index in [2.05, 4.69) is 41.5 Å². The van der Waals surface area contributed by atoms with E-state index in [1.165, 1.54) is 56.9 Å². The largest absolute Gasteiger partial charge is 0.507 e. The number of phenolic OH excluding ortho intramolecular Hbond substituents is 1. The second-order valence-electron chi connectivity index (χ2n) is 11.4. The monoisotopic (exact) mass is 430 g/mol. The summed E-state index contributed by atoms with van der Waals surface area (Å²) in [4.78, 5) is 0. The molecule has 0 spiro atoms. The molecular formula is C29H50O2. The summed E-state index contributed by atoms with van der Waals surface area (Å²) in [5, 5.41) is 10.4. The number of fused-ring (bicyclic) bond motifs is 1. The summed E-state index contributed by atoms with van der Waals surface area (Å²) < 4.78 is 6.60. The molecule has 0 aromatic heterocycles. The van der Waals surface area contributed by atoms with Crippen LogP contribution in [0.2, 0.25) is 0 Å². The van der Waals surface area contributed by atoms with Gasteiger partial charge in [-0.1, -0.05) is 72.6 Å². The highest BCUT2D eigenvalue weighted by atomic mass is 16.5. The summed E-state index contributed by atoms with van der Waals surface area (Å²) in [5.41, 5.74) is 4.23. The highest BCUT2D eigenvalue weighted by Gasteiger charge is 2.34. The molecule has 1 aliphatic rings. The lowest BCUT2D eigenvalue weighted by atomic mass is 9.84. The van der Waals surface area contributed by atoms with Gasteiger partial charge in [-0.3, -0.25) is 0 Å². The van der Waals surface area contributed by atoms with Gasteiger partial charge in [0.1, 0.15) is 17.1 Å². The molecule has 31 heavy (non-hydrogen) atoms. The zero-order valence-corrected chi connectivity index (χ0v) is 21.9. The van der Waals surface area contributed by atoms with E-state index in [4.69, 9.17) is 4.74 Å². The Morgan fingerprint density at radius 2 is 1.35 bits per heavy atom. The van der Waals surface area contributed by atoms with Crippen molar-refractivity contribution in [2.75, 3.05) is 0 Å². The SMILES string of the molecule is Cc1c(C)c2c(c(C)c1O)CC[C@](C)(CCCC(C)CCC[C@@H](C)CCCC(C)C)O2. The third-order valence-electron chi connectivity index (χ3n) is 7.87. The standard InChI is InChI=1S/C29H50O2/c1-20(2)12-9-13-21(3)14-10-15-22(4)16-11-18-29(8)19-17-26-25(7)27(30)23(5)24(6)28(26)31-29/h20-22,30H,9-19H2,1-8H3/t21-,22?,29-/m0/s1. The molecule has 3 atom stereocenters. The van der Waals surface area contributed by atoms with Gasteiger partial charge in [0.15, 0.2) is 0 Å². The van der Waals surface area contributed by atoms with Crippen LogP contribution in [-0.4, -0.2) is 10.7 Å². The zero-order chi connectivity index (χ0) is 23.2. The molecule has 1 N–H and O–H groups in total. The minimum Gasteiger partial charge on any atom is -0.507 e. The summed E-state index contributed by atoms with van der Waals surface area (Å²) in [6, 6.07) is 0. The fourth-order valence-electron chi connectivity index (χ4n) is 5.27. The Labute approximate surface area is 193 Å². The smallest absolute Gasteiger partial charge is 0.127 e. The molecule has 1 unspecified atom stereocenters. The van der Waals surface area contributed by atoms with E-state index in [-0.39, 0.29) is 5.60 Å². The van der Waals surface area contributed by atoms with Crippen molar-refractivity contribution in [2.24, 2.45) is 17.8 Å². The molecule has 2 rings (SSSR count). The van der Waals surface area contributed by atoms with Crippen molar-refractivity contribution < 1.29 is 9.84 Å². The van der Waals surface area contributed by atoms with E-state index in [0.29, 0.717) is 5.75 Å². The van der Waals surface area contributed by atoms with Gasteiger partial charge < -0.3 is 9.84 Å². The molecule has 1 heterocycles. The first-order valence-electron chi connectivity index (χ1n) is 13.0. The van der Waals surface area contributed by atoms with Gasteiger partial charge in [0.2, 0.25) is 0 Å². The van der Waals surface area contributed by atoms with Crippen molar-refractivity contribution in [1.82, 2.24) is 0 Å². The fourth-order valence-corrected chi connectivity index (χ4v) is 5.27. The van der Waals surface area contributed by atoms with Crippen LogP contribution in [-0.2, 0) is 6.42 Å². The first kappa shape index (κ1) is 26.1. The molecule has 0 saturated carbocycles. The number of phenols is 1. The lowest BCUT2D eigenvalue weighted by Gasteiger charge is -2.38. The van der Waals surface area contributed by atoms with E-state index in [1.54, 1.807) is 0 Å². The summed E-state index contributed by atoms with van der Waals surface area (Å²) >= 11 is 0. The molecule has 0 saturated heterocycles. The average molecular weight is 431 g/mol. The summed E-state index contributed by atoms with van der Waals surface area (Å²) in [6.07, 6.45) is 14.1. The number of hydrogen-bond donors (Lipinski definition) is 1. The van der Waals surface area contributed by atoms with Crippen LogP contribution >= 0.6 is 0 Å². The fraction of sp³-hybridized carbons (Fsp3) is 0.793. The number of hydrogen-bond acceptors (Lipinski definition) is 2. The van der Waals surface area contributed by atoms with Crippen molar-refractivity contribution in [3.63, 3.8) is 0 Å². The topological polar surface area (TPSA) is 29.5 Å². The van der Waals surface area contributed by atoms with Crippen LogP contribution in [0.25, 0.3) is 0 Å². The highest BCUT2D eigenvalue weighted by molar-refractivity contribution is 5.58. The van der Waals surface area contributed by atoms with Gasteiger partial charge in [0, 0.05) is 5.56 Å². The van der Waals surface area contributed by atoms with Crippen LogP contribution in [0.5, 0.6) is 11.5 Å². The lowest BCUT2D eigenvalue weighted by molar-refractivity contribution is 0.0512. The van der Waals surface area contributed by atoms with Crippen LogP contribution in [0.1, 0.15) is 121 Å². The maximum Gasteiger partial charge on any atom is 0.127 e.